The van der Waals surface area contributed by atoms with Crippen LogP contribution in [0.5, 0.6) is 0 Å². The summed E-state index contributed by atoms with van der Waals surface area (Å²) in [5.74, 6) is 0. The van der Waals surface area contributed by atoms with Gasteiger partial charge in [-0.25, -0.2) is 0 Å². The molecule has 0 amide bonds. The van der Waals surface area contributed by atoms with Crippen molar-refractivity contribution in [1.29, 1.82) is 0 Å². The highest BCUT2D eigenvalue weighted by molar-refractivity contribution is 7.80. The maximum absolute atomic E-state index is 12.0. The molecule has 1 aliphatic heterocycles. The maximum atomic E-state index is 12.0. The Hall–Kier alpha value is -1.03. The van der Waals surface area contributed by atoms with Crippen molar-refractivity contribution in [1.82, 2.24) is 0 Å². The van der Waals surface area contributed by atoms with Gasteiger partial charge in [-0.05, 0) is 23.8 Å². The number of hydrogen-bond donors (Lipinski definition) is 2. The van der Waals surface area contributed by atoms with E-state index < -0.39 is 25.1 Å². The first-order valence-electron chi connectivity index (χ1n) is 5.39. The van der Waals surface area contributed by atoms with E-state index in [1.165, 1.54) is 6.07 Å². The molecule has 20 heavy (non-hydrogen) atoms. The molecule has 1 aromatic carbocycles. The molecule has 0 saturated heterocycles. The van der Waals surface area contributed by atoms with Crippen molar-refractivity contribution in [3.63, 3.8) is 0 Å². The molecule has 4 nitrogen and oxygen atoms in total. The number of alkyl halides is 3. The first kappa shape index (κ1) is 15.4. The summed E-state index contributed by atoms with van der Waals surface area (Å²) in [6.45, 7) is -1.28. The van der Waals surface area contributed by atoms with Crippen molar-refractivity contribution >= 4 is 47.3 Å². The number of rotatable bonds is 2. The van der Waals surface area contributed by atoms with Gasteiger partial charge in [0.25, 0.3) is 5.17 Å². The lowest BCUT2D eigenvalue weighted by molar-refractivity contribution is -0.155. The molecule has 1 aliphatic rings. The predicted molar refractivity (Wildman–Crippen MR) is 72.1 cm³/mol. The van der Waals surface area contributed by atoms with Crippen LogP contribution in [0.1, 0.15) is 5.56 Å². The van der Waals surface area contributed by atoms with Crippen molar-refractivity contribution in [2.45, 2.75) is 12.8 Å². The van der Waals surface area contributed by atoms with Gasteiger partial charge in [-0.1, -0.05) is 17.7 Å². The van der Waals surface area contributed by atoms with E-state index in [-0.39, 0.29) is 17.3 Å². The summed E-state index contributed by atoms with van der Waals surface area (Å²) in [4.78, 5) is 0. The predicted octanol–water partition coefficient (Wildman–Crippen LogP) is 1.83. The first-order chi connectivity index (χ1) is 9.28. The van der Waals surface area contributed by atoms with E-state index in [9.17, 15) is 18.2 Å². The van der Waals surface area contributed by atoms with Gasteiger partial charge in [-0.15, -0.1) is 0 Å². The number of anilines is 1. The number of fused-ring (bicyclic) bond motifs is 1. The lowest BCUT2D eigenvalue weighted by Crippen LogP contribution is -2.30. The number of nitrogens with one attached hydrogen (secondary N) is 1. The topological polar surface area (TPSA) is 50.7 Å². The lowest BCUT2D eigenvalue weighted by Gasteiger charge is -2.14. The summed E-state index contributed by atoms with van der Waals surface area (Å²) in [6.07, 6.45) is -4.47. The largest absolute Gasteiger partial charge is 0.493 e. The van der Waals surface area contributed by atoms with Crippen molar-refractivity contribution < 1.29 is 27.6 Å². The highest BCUT2D eigenvalue weighted by Crippen LogP contribution is 2.25. The number of benzene rings is 1. The van der Waals surface area contributed by atoms with Gasteiger partial charge < -0.3 is 19.7 Å². The Kier molecular flexibility index (Phi) is 4.43. The highest BCUT2D eigenvalue weighted by Gasteiger charge is 2.32. The van der Waals surface area contributed by atoms with E-state index in [0.717, 1.165) is 0 Å². The van der Waals surface area contributed by atoms with Crippen LogP contribution in [0.15, 0.2) is 12.1 Å². The first-order valence-corrected chi connectivity index (χ1v) is 6.18. The molecule has 1 aromatic rings. The molecule has 0 spiro atoms. The molecule has 0 unspecified atom stereocenters. The second-order valence-electron chi connectivity index (χ2n) is 3.98. The van der Waals surface area contributed by atoms with Crippen molar-refractivity contribution in [3.8, 4) is 0 Å². The van der Waals surface area contributed by atoms with Gasteiger partial charge in [-0.3, -0.25) is 0 Å². The fraction of sp³-hybridized carbons (Fsp3) is 0.300. The number of thiocarbonyl (C=S) groups is 1. The summed E-state index contributed by atoms with van der Waals surface area (Å²) in [7, 11) is -1.16. The minimum atomic E-state index is -4.47. The second-order valence-corrected chi connectivity index (χ2v) is 4.73. The van der Waals surface area contributed by atoms with Crippen LogP contribution in [-0.4, -0.2) is 30.1 Å². The van der Waals surface area contributed by atoms with Crippen LogP contribution in [0.3, 0.4) is 0 Å². The number of halogens is 4. The van der Waals surface area contributed by atoms with Crippen LogP contribution in [-0.2, 0) is 16.0 Å². The van der Waals surface area contributed by atoms with E-state index in [1.807, 2.05) is 0 Å². The molecule has 0 atom stereocenters. The number of hydrogen-bond acceptors (Lipinski definition) is 4. The van der Waals surface area contributed by atoms with Gasteiger partial charge in [0, 0.05) is 5.46 Å². The molecule has 0 saturated carbocycles. The maximum Gasteiger partial charge on any atom is 0.493 e. The molecule has 2 rings (SSSR count). The third kappa shape index (κ3) is 3.54. The van der Waals surface area contributed by atoms with Gasteiger partial charge in [-0.2, -0.15) is 13.2 Å². The van der Waals surface area contributed by atoms with Gasteiger partial charge >= 0.3 is 13.3 Å². The monoisotopic (exact) mass is 325 g/mol. The Labute approximate surface area is 123 Å². The fourth-order valence-electron chi connectivity index (χ4n) is 1.67. The molecule has 2 N–H and O–H groups in total. The Morgan fingerprint density at radius 1 is 1.55 bits per heavy atom. The van der Waals surface area contributed by atoms with Crippen molar-refractivity contribution in [3.05, 3.63) is 22.7 Å². The van der Waals surface area contributed by atoms with E-state index in [1.54, 1.807) is 6.07 Å². The normalized spacial score (nSPS) is 14.2. The molecule has 0 radical (unpaired) electrons. The molecule has 1 heterocycles. The zero-order valence-electron chi connectivity index (χ0n) is 9.83. The van der Waals surface area contributed by atoms with Gasteiger partial charge in [0.05, 0.1) is 17.3 Å². The molecular formula is C10H8BClF3NO3S. The van der Waals surface area contributed by atoms with Crippen molar-refractivity contribution in [2.75, 3.05) is 11.9 Å². The summed E-state index contributed by atoms with van der Waals surface area (Å²) in [5.41, 5.74) is 1.31. The fourth-order valence-corrected chi connectivity index (χ4v) is 2.16. The highest BCUT2D eigenvalue weighted by atomic mass is 35.5. The SMILES string of the molecule is OB1OCc2ccc(NC(=S)OCC(F)(F)F)c(Cl)c21. The molecule has 108 valence electrons. The minimum absolute atomic E-state index is 0.130. The molecule has 0 fully saturated rings. The van der Waals surface area contributed by atoms with Crippen LogP contribution in [0, 0.1) is 0 Å². The Bertz CT molecular complexity index is 543. The van der Waals surface area contributed by atoms with E-state index in [4.69, 9.17) is 16.3 Å². The second kappa shape index (κ2) is 5.76. The van der Waals surface area contributed by atoms with E-state index in [2.05, 4.69) is 22.3 Å². The molecule has 0 bridgehead atoms. The van der Waals surface area contributed by atoms with Gasteiger partial charge in [0.15, 0.2) is 6.61 Å². The van der Waals surface area contributed by atoms with Gasteiger partial charge in [0.1, 0.15) is 0 Å². The van der Waals surface area contributed by atoms with Crippen LogP contribution >= 0.6 is 23.8 Å². The zero-order chi connectivity index (χ0) is 14.9. The zero-order valence-corrected chi connectivity index (χ0v) is 11.4. The summed E-state index contributed by atoms with van der Waals surface area (Å²) in [5, 5.41) is 11.7. The van der Waals surface area contributed by atoms with E-state index >= 15 is 0 Å². The van der Waals surface area contributed by atoms with Gasteiger partial charge in [0.2, 0.25) is 0 Å². The molecule has 10 heteroatoms. The standard InChI is InChI=1S/C10H8BClF3NO3S/c12-8-6(16-9(20)18-4-10(13,14)15)2-1-5-3-19-11(17)7(5)8/h1-2,17H,3-4H2,(H,16,20). The Balaban J connectivity index is 2.07. The third-order valence-corrected chi connectivity index (χ3v) is 3.14. The average Bonchev–Trinajstić information content (AvgIpc) is 2.72. The molecular weight excluding hydrogens is 317 g/mol. The Morgan fingerprint density at radius 3 is 2.90 bits per heavy atom. The smallest absolute Gasteiger partial charge is 0.461 e. The molecule has 0 aliphatic carbocycles. The van der Waals surface area contributed by atoms with Crippen LogP contribution in [0.25, 0.3) is 0 Å². The van der Waals surface area contributed by atoms with Crippen LogP contribution in [0.4, 0.5) is 18.9 Å². The third-order valence-electron chi connectivity index (χ3n) is 2.52. The summed E-state index contributed by atoms with van der Waals surface area (Å²) in [6, 6.07) is 3.15. The molecule has 0 aromatic heterocycles. The average molecular weight is 326 g/mol. The lowest BCUT2D eigenvalue weighted by atomic mass is 9.79. The van der Waals surface area contributed by atoms with Crippen LogP contribution < -0.4 is 10.8 Å². The summed E-state index contributed by atoms with van der Waals surface area (Å²) < 4.78 is 45.3. The Morgan fingerprint density at radius 2 is 2.25 bits per heavy atom. The quantitative estimate of drug-likeness (QED) is 0.642. The summed E-state index contributed by atoms with van der Waals surface area (Å²) >= 11 is 10.7. The number of ether oxygens (including phenoxy) is 1. The van der Waals surface area contributed by atoms with E-state index in [0.29, 0.717) is 11.0 Å². The van der Waals surface area contributed by atoms with Crippen molar-refractivity contribution in [2.24, 2.45) is 0 Å². The minimum Gasteiger partial charge on any atom is -0.461 e. The van der Waals surface area contributed by atoms with Crippen LogP contribution in [0.2, 0.25) is 5.02 Å².